The first-order valence-corrected chi connectivity index (χ1v) is 23.8. The Bertz CT molecular complexity index is 2060. The first-order chi connectivity index (χ1) is 28.7. The van der Waals surface area contributed by atoms with Crippen LogP contribution in [0.3, 0.4) is 0 Å². The van der Waals surface area contributed by atoms with Crippen LogP contribution in [0.1, 0.15) is 87.2 Å². The molecule has 0 heterocycles. The predicted octanol–water partition coefficient (Wildman–Crippen LogP) is 12.7. The minimum atomic E-state index is -1.05. The normalized spacial score (nSPS) is 13.5. The standard InChI is InChI=1S/C54H64O4P2/c1-15-54(10,52(42-22-18-16-19-23-42)59(44-26-34(2)48(55-11)35(3)27-44)45-28-36(4)49(56-12)37(5)29-45)53(43-24-20-17-21-25-43)60(46-30-38(6)50(57-13)39(7)31-46)47-32-40(8)51(58-14)41(9)33-47/h16-33,52-53H,15H2,1-14H3. The van der Waals surface area contributed by atoms with Gasteiger partial charge >= 0.3 is 0 Å². The molecule has 0 fully saturated rings. The molecule has 0 bridgehead atoms. The van der Waals surface area contributed by atoms with Crippen molar-refractivity contribution in [2.24, 2.45) is 5.41 Å². The van der Waals surface area contributed by atoms with Crippen molar-refractivity contribution in [3.8, 4) is 23.0 Å². The van der Waals surface area contributed by atoms with E-state index in [1.165, 1.54) is 32.3 Å². The summed E-state index contributed by atoms with van der Waals surface area (Å²) >= 11 is 0. The molecule has 0 aliphatic heterocycles. The van der Waals surface area contributed by atoms with Crippen molar-refractivity contribution >= 4 is 37.1 Å². The van der Waals surface area contributed by atoms with Gasteiger partial charge in [0.05, 0.1) is 28.4 Å². The maximum absolute atomic E-state index is 5.99. The van der Waals surface area contributed by atoms with Crippen molar-refractivity contribution in [2.45, 2.75) is 87.0 Å². The maximum atomic E-state index is 5.99. The maximum Gasteiger partial charge on any atom is 0.124 e. The van der Waals surface area contributed by atoms with E-state index in [9.17, 15) is 0 Å². The lowest BCUT2D eigenvalue weighted by Gasteiger charge is -2.51. The van der Waals surface area contributed by atoms with E-state index in [0.717, 1.165) is 73.9 Å². The van der Waals surface area contributed by atoms with Gasteiger partial charge in [0.2, 0.25) is 0 Å². The fourth-order valence-corrected chi connectivity index (χ4v) is 17.3. The second-order valence-electron chi connectivity index (χ2n) is 16.7. The molecule has 2 atom stereocenters. The van der Waals surface area contributed by atoms with Crippen LogP contribution in [-0.4, -0.2) is 28.4 Å². The van der Waals surface area contributed by atoms with Crippen LogP contribution >= 0.6 is 15.8 Å². The summed E-state index contributed by atoms with van der Waals surface area (Å²) in [5.74, 6) is 3.80. The topological polar surface area (TPSA) is 36.9 Å². The molecule has 60 heavy (non-hydrogen) atoms. The van der Waals surface area contributed by atoms with Crippen LogP contribution in [0.5, 0.6) is 23.0 Å². The minimum absolute atomic E-state index is 0.0918. The second kappa shape index (κ2) is 19.0. The molecule has 6 aromatic rings. The third-order valence-corrected chi connectivity index (χ3v) is 18.5. The fraction of sp³-hybridized carbons (Fsp3) is 0.333. The molecule has 0 N–H and O–H groups in total. The summed E-state index contributed by atoms with van der Waals surface area (Å²) in [7, 11) is 5.04. The molecule has 0 aromatic heterocycles. The first kappa shape index (κ1) is 44.9. The molecule has 0 radical (unpaired) electrons. The predicted molar refractivity (Wildman–Crippen MR) is 259 cm³/mol. The zero-order chi connectivity index (χ0) is 43.5. The molecule has 4 nitrogen and oxygen atoms in total. The summed E-state index contributed by atoms with van der Waals surface area (Å²) in [5, 5.41) is 5.40. The first-order valence-electron chi connectivity index (χ1n) is 21.0. The van der Waals surface area contributed by atoms with Crippen molar-refractivity contribution in [1.29, 1.82) is 0 Å². The van der Waals surface area contributed by atoms with Crippen LogP contribution in [0.4, 0.5) is 0 Å². The molecule has 0 aliphatic carbocycles. The zero-order valence-corrected chi connectivity index (χ0v) is 40.1. The second-order valence-corrected chi connectivity index (χ2v) is 21.3. The van der Waals surface area contributed by atoms with Gasteiger partial charge in [0, 0.05) is 11.3 Å². The number of hydrogen-bond acceptors (Lipinski definition) is 4. The van der Waals surface area contributed by atoms with Crippen LogP contribution in [0.25, 0.3) is 0 Å². The Balaban J connectivity index is 1.79. The summed E-state index contributed by atoms with van der Waals surface area (Å²) < 4.78 is 24.0. The van der Waals surface area contributed by atoms with E-state index in [2.05, 4.69) is 178 Å². The van der Waals surface area contributed by atoms with Crippen molar-refractivity contribution in [3.05, 3.63) is 165 Å². The van der Waals surface area contributed by atoms with E-state index < -0.39 is 15.8 Å². The summed E-state index contributed by atoms with van der Waals surface area (Å²) in [6.45, 7) is 22.6. The van der Waals surface area contributed by atoms with Gasteiger partial charge in [-0.05, 0) is 208 Å². The Kier molecular flexibility index (Phi) is 14.2. The molecule has 0 amide bonds. The summed E-state index contributed by atoms with van der Waals surface area (Å²) in [6.07, 6.45) is 0.939. The van der Waals surface area contributed by atoms with Crippen LogP contribution in [0.2, 0.25) is 0 Å². The average molecular weight is 839 g/mol. The molecule has 0 saturated heterocycles. The number of rotatable bonds is 15. The van der Waals surface area contributed by atoms with E-state index in [-0.39, 0.29) is 16.7 Å². The number of aryl methyl sites for hydroxylation is 8. The van der Waals surface area contributed by atoms with E-state index in [1.54, 1.807) is 28.4 Å². The van der Waals surface area contributed by atoms with Gasteiger partial charge in [-0.25, -0.2) is 0 Å². The van der Waals surface area contributed by atoms with Gasteiger partial charge in [-0.15, -0.1) is 0 Å². The van der Waals surface area contributed by atoms with Gasteiger partial charge in [-0.3, -0.25) is 0 Å². The third-order valence-electron chi connectivity index (χ3n) is 12.5. The smallest absolute Gasteiger partial charge is 0.124 e. The number of benzene rings is 6. The monoisotopic (exact) mass is 838 g/mol. The molecule has 0 aliphatic rings. The van der Waals surface area contributed by atoms with Crippen molar-refractivity contribution in [3.63, 3.8) is 0 Å². The largest absolute Gasteiger partial charge is 0.496 e. The SMILES string of the molecule is CCC(C)(C(c1ccccc1)P(c1cc(C)c(OC)c(C)c1)c1cc(C)c(OC)c(C)c1)C(c1ccccc1)P(c1cc(C)c(OC)c(C)c1)c1cc(C)c(OC)c(C)c1. The Morgan fingerprint density at radius 1 is 0.400 bits per heavy atom. The van der Waals surface area contributed by atoms with Gasteiger partial charge in [0.15, 0.2) is 0 Å². The Hall–Kier alpha value is -4.62. The lowest BCUT2D eigenvalue weighted by molar-refractivity contribution is 0.286. The summed E-state index contributed by atoms with van der Waals surface area (Å²) in [5.41, 5.74) is 11.8. The lowest BCUT2D eigenvalue weighted by atomic mass is 9.75. The van der Waals surface area contributed by atoms with Gasteiger partial charge in [-0.2, -0.15) is 0 Å². The molecule has 6 rings (SSSR count). The highest BCUT2D eigenvalue weighted by atomic mass is 31.1. The number of hydrogen-bond donors (Lipinski definition) is 0. The van der Waals surface area contributed by atoms with Gasteiger partial charge in [0.25, 0.3) is 0 Å². The van der Waals surface area contributed by atoms with Crippen molar-refractivity contribution in [1.82, 2.24) is 0 Å². The highest BCUT2D eigenvalue weighted by Gasteiger charge is 2.50. The van der Waals surface area contributed by atoms with Crippen LogP contribution in [0, 0.1) is 60.8 Å². The van der Waals surface area contributed by atoms with Crippen LogP contribution in [-0.2, 0) is 0 Å². The molecular weight excluding hydrogens is 775 g/mol. The molecule has 0 spiro atoms. The summed E-state index contributed by atoms with van der Waals surface area (Å²) in [4.78, 5) is 0. The highest BCUT2D eigenvalue weighted by Crippen LogP contribution is 2.70. The Morgan fingerprint density at radius 2 is 0.617 bits per heavy atom. The zero-order valence-electron chi connectivity index (χ0n) is 38.3. The molecule has 2 unspecified atom stereocenters. The molecular formula is C54H64O4P2. The van der Waals surface area contributed by atoms with E-state index in [4.69, 9.17) is 18.9 Å². The van der Waals surface area contributed by atoms with Gasteiger partial charge < -0.3 is 18.9 Å². The molecule has 0 saturated carbocycles. The molecule has 6 heteroatoms. The van der Waals surface area contributed by atoms with Crippen LogP contribution in [0.15, 0.2) is 109 Å². The highest BCUT2D eigenvalue weighted by molar-refractivity contribution is 7.74. The molecule has 314 valence electrons. The van der Waals surface area contributed by atoms with E-state index >= 15 is 0 Å². The third kappa shape index (κ3) is 8.62. The number of methoxy groups -OCH3 is 4. The van der Waals surface area contributed by atoms with Gasteiger partial charge in [-0.1, -0.05) is 74.5 Å². The quantitative estimate of drug-likeness (QED) is 0.0966. The average Bonchev–Trinajstić information content (AvgIpc) is 3.21. The van der Waals surface area contributed by atoms with Crippen molar-refractivity contribution in [2.75, 3.05) is 28.4 Å². The van der Waals surface area contributed by atoms with Gasteiger partial charge in [0.1, 0.15) is 23.0 Å². The minimum Gasteiger partial charge on any atom is -0.496 e. The lowest BCUT2D eigenvalue weighted by Crippen LogP contribution is -2.37. The van der Waals surface area contributed by atoms with E-state index in [0.29, 0.717) is 0 Å². The Labute approximate surface area is 363 Å². The number of ether oxygens (including phenoxy) is 4. The molecule has 6 aromatic carbocycles. The van der Waals surface area contributed by atoms with Crippen LogP contribution < -0.4 is 40.2 Å². The fourth-order valence-electron chi connectivity index (χ4n) is 9.90. The Morgan fingerprint density at radius 3 is 0.800 bits per heavy atom. The summed E-state index contributed by atoms with van der Waals surface area (Å²) in [6, 6.07) is 42.0. The van der Waals surface area contributed by atoms with E-state index in [1.807, 2.05) is 0 Å². The van der Waals surface area contributed by atoms with Crippen molar-refractivity contribution < 1.29 is 18.9 Å².